The molecule has 0 aliphatic carbocycles. The lowest BCUT2D eigenvalue weighted by atomic mass is 10.2. The lowest BCUT2D eigenvalue weighted by molar-refractivity contribution is -0.274. The molecule has 0 saturated heterocycles. The summed E-state index contributed by atoms with van der Waals surface area (Å²) in [6.07, 6.45) is -4.44. The lowest BCUT2D eigenvalue weighted by Gasteiger charge is -2.09. The number of carbonyl (C=O) groups excluding carboxylic acids is 1. The molecule has 1 aromatic heterocycles. The van der Waals surface area contributed by atoms with E-state index in [1.165, 1.54) is 12.1 Å². The molecule has 1 N–H and O–H groups in total. The van der Waals surface area contributed by atoms with Crippen LogP contribution in [0.1, 0.15) is 12.3 Å². The number of halogens is 3. The van der Waals surface area contributed by atoms with E-state index in [9.17, 15) is 18.0 Å². The predicted molar refractivity (Wildman–Crippen MR) is 89.8 cm³/mol. The number of nitrogens with zero attached hydrogens (tertiary/aromatic N) is 2. The molecule has 0 saturated carbocycles. The standard InChI is InChI=1S/C18H14F3N3O3/c19-18(20,21)27-14-8-6-13(7-9-14)22-15(25)10-11-16-23-24-17(26-16)12-4-2-1-3-5-12/h1-9H,10-11H2,(H,22,25). The molecule has 0 atom stereocenters. The Balaban J connectivity index is 1.51. The highest BCUT2D eigenvalue weighted by Gasteiger charge is 2.30. The highest BCUT2D eigenvalue weighted by atomic mass is 19.4. The number of carbonyl (C=O) groups is 1. The third kappa shape index (κ3) is 5.56. The number of hydrogen-bond acceptors (Lipinski definition) is 5. The van der Waals surface area contributed by atoms with Gasteiger partial charge < -0.3 is 14.5 Å². The molecule has 0 unspecified atom stereocenters. The monoisotopic (exact) mass is 377 g/mol. The fourth-order valence-corrected chi connectivity index (χ4v) is 2.24. The van der Waals surface area contributed by atoms with Gasteiger partial charge in [0.2, 0.25) is 17.7 Å². The van der Waals surface area contributed by atoms with Crippen LogP contribution in [0.5, 0.6) is 5.75 Å². The fourth-order valence-electron chi connectivity index (χ4n) is 2.24. The van der Waals surface area contributed by atoms with E-state index in [1.54, 1.807) is 0 Å². The van der Waals surface area contributed by atoms with Gasteiger partial charge in [0.15, 0.2) is 0 Å². The molecule has 1 heterocycles. The van der Waals surface area contributed by atoms with E-state index in [2.05, 4.69) is 20.3 Å². The summed E-state index contributed by atoms with van der Waals surface area (Å²) in [5, 5.41) is 10.4. The Bertz CT molecular complexity index is 893. The predicted octanol–water partition coefficient (Wildman–Crippen LogP) is 4.21. The van der Waals surface area contributed by atoms with Crippen LogP contribution in [0, 0.1) is 0 Å². The zero-order valence-electron chi connectivity index (χ0n) is 13.9. The minimum atomic E-state index is -4.76. The molecule has 140 valence electrons. The largest absolute Gasteiger partial charge is 0.573 e. The van der Waals surface area contributed by atoms with Crippen molar-refractivity contribution in [2.24, 2.45) is 0 Å². The number of rotatable bonds is 6. The minimum Gasteiger partial charge on any atom is -0.421 e. The van der Waals surface area contributed by atoms with Crippen molar-refractivity contribution in [3.63, 3.8) is 0 Å². The Kier molecular flexibility index (Phi) is 5.39. The second-order valence-corrected chi connectivity index (χ2v) is 5.49. The molecule has 0 aliphatic heterocycles. The van der Waals surface area contributed by atoms with Crippen molar-refractivity contribution in [1.82, 2.24) is 10.2 Å². The van der Waals surface area contributed by atoms with Gasteiger partial charge in [-0.1, -0.05) is 18.2 Å². The molecule has 2 aromatic carbocycles. The van der Waals surface area contributed by atoms with Gasteiger partial charge in [-0.2, -0.15) is 0 Å². The second-order valence-electron chi connectivity index (χ2n) is 5.49. The number of amides is 1. The first-order valence-corrected chi connectivity index (χ1v) is 7.92. The van der Waals surface area contributed by atoms with Gasteiger partial charge in [-0.25, -0.2) is 0 Å². The highest BCUT2D eigenvalue weighted by molar-refractivity contribution is 5.90. The summed E-state index contributed by atoms with van der Waals surface area (Å²) in [7, 11) is 0. The molecule has 27 heavy (non-hydrogen) atoms. The van der Waals surface area contributed by atoms with Crippen LogP contribution in [0.4, 0.5) is 18.9 Å². The summed E-state index contributed by atoms with van der Waals surface area (Å²) in [6.45, 7) is 0. The topological polar surface area (TPSA) is 77.2 Å². The van der Waals surface area contributed by atoms with Crippen molar-refractivity contribution < 1.29 is 27.1 Å². The summed E-state index contributed by atoms with van der Waals surface area (Å²) < 4.78 is 45.6. The van der Waals surface area contributed by atoms with E-state index in [1.807, 2.05) is 30.3 Å². The van der Waals surface area contributed by atoms with Crippen LogP contribution in [-0.4, -0.2) is 22.5 Å². The Morgan fingerprint density at radius 3 is 2.41 bits per heavy atom. The molecule has 0 spiro atoms. The molecular formula is C18H14F3N3O3. The second kappa shape index (κ2) is 7.90. The number of benzene rings is 2. The molecule has 1 amide bonds. The van der Waals surface area contributed by atoms with Crippen LogP contribution >= 0.6 is 0 Å². The Hall–Kier alpha value is -3.36. The quantitative estimate of drug-likeness (QED) is 0.696. The first-order chi connectivity index (χ1) is 12.9. The number of aromatic nitrogens is 2. The van der Waals surface area contributed by atoms with Crippen LogP contribution in [0.2, 0.25) is 0 Å². The SMILES string of the molecule is O=C(CCc1nnc(-c2ccccc2)o1)Nc1ccc(OC(F)(F)F)cc1. The molecule has 3 aromatic rings. The molecule has 0 aliphatic rings. The van der Waals surface area contributed by atoms with Crippen molar-refractivity contribution in [3.8, 4) is 17.2 Å². The van der Waals surface area contributed by atoms with Crippen molar-refractivity contribution >= 4 is 11.6 Å². The zero-order valence-corrected chi connectivity index (χ0v) is 13.9. The van der Waals surface area contributed by atoms with Gasteiger partial charge in [0.25, 0.3) is 0 Å². The minimum absolute atomic E-state index is 0.0806. The van der Waals surface area contributed by atoms with E-state index in [4.69, 9.17) is 4.42 Å². The number of anilines is 1. The third-order valence-electron chi connectivity index (χ3n) is 3.43. The van der Waals surface area contributed by atoms with Crippen molar-refractivity contribution in [3.05, 3.63) is 60.5 Å². The first kappa shape index (κ1) is 18.4. The maximum Gasteiger partial charge on any atom is 0.573 e. The number of ether oxygens (including phenoxy) is 1. The van der Waals surface area contributed by atoms with Gasteiger partial charge in [0.05, 0.1) is 0 Å². The fraction of sp³-hybridized carbons (Fsp3) is 0.167. The molecule has 0 radical (unpaired) electrons. The summed E-state index contributed by atoms with van der Waals surface area (Å²) in [6, 6.07) is 14.1. The smallest absolute Gasteiger partial charge is 0.421 e. The van der Waals surface area contributed by atoms with Gasteiger partial charge in [0.1, 0.15) is 5.75 Å². The molecule has 0 fully saturated rings. The molecule has 9 heteroatoms. The summed E-state index contributed by atoms with van der Waals surface area (Å²) in [4.78, 5) is 12.0. The summed E-state index contributed by atoms with van der Waals surface area (Å²) in [5.74, 6) is -0.0112. The number of nitrogens with one attached hydrogen (secondary N) is 1. The van der Waals surface area contributed by atoms with Gasteiger partial charge in [-0.05, 0) is 36.4 Å². The maximum atomic E-state index is 12.1. The van der Waals surface area contributed by atoms with Crippen LogP contribution in [0.25, 0.3) is 11.5 Å². The van der Waals surface area contributed by atoms with E-state index >= 15 is 0 Å². The zero-order chi connectivity index (χ0) is 19.3. The molecule has 0 bridgehead atoms. The number of aryl methyl sites for hydroxylation is 1. The van der Waals surface area contributed by atoms with Gasteiger partial charge in [-0.3, -0.25) is 4.79 Å². The molecular weight excluding hydrogens is 363 g/mol. The van der Waals surface area contributed by atoms with Gasteiger partial charge >= 0.3 is 6.36 Å². The normalized spacial score (nSPS) is 11.2. The third-order valence-corrected chi connectivity index (χ3v) is 3.43. The highest BCUT2D eigenvalue weighted by Crippen LogP contribution is 2.24. The summed E-state index contributed by atoms with van der Waals surface area (Å²) in [5.41, 5.74) is 1.13. The molecule has 3 rings (SSSR count). The number of alkyl halides is 3. The summed E-state index contributed by atoms with van der Waals surface area (Å²) >= 11 is 0. The van der Waals surface area contributed by atoms with E-state index in [0.717, 1.165) is 17.7 Å². The van der Waals surface area contributed by atoms with E-state index in [-0.39, 0.29) is 24.5 Å². The Morgan fingerprint density at radius 1 is 1.04 bits per heavy atom. The van der Waals surface area contributed by atoms with Crippen LogP contribution in [0.15, 0.2) is 59.0 Å². The molecule has 6 nitrogen and oxygen atoms in total. The first-order valence-electron chi connectivity index (χ1n) is 7.92. The number of hydrogen-bond donors (Lipinski definition) is 1. The van der Waals surface area contributed by atoms with Crippen molar-refractivity contribution in [2.45, 2.75) is 19.2 Å². The Morgan fingerprint density at radius 2 is 1.74 bits per heavy atom. The van der Waals surface area contributed by atoms with Gasteiger partial charge in [0, 0.05) is 24.1 Å². The Labute approximate surface area is 152 Å². The average Bonchev–Trinajstić information content (AvgIpc) is 3.10. The van der Waals surface area contributed by atoms with Crippen molar-refractivity contribution in [2.75, 3.05) is 5.32 Å². The van der Waals surface area contributed by atoms with Crippen LogP contribution in [-0.2, 0) is 11.2 Å². The van der Waals surface area contributed by atoms with E-state index in [0.29, 0.717) is 17.5 Å². The average molecular weight is 377 g/mol. The van der Waals surface area contributed by atoms with E-state index < -0.39 is 6.36 Å². The van der Waals surface area contributed by atoms with Gasteiger partial charge in [-0.15, -0.1) is 23.4 Å². The van der Waals surface area contributed by atoms with Crippen LogP contribution < -0.4 is 10.1 Å². The van der Waals surface area contributed by atoms with Crippen molar-refractivity contribution in [1.29, 1.82) is 0 Å². The maximum absolute atomic E-state index is 12.1. The van der Waals surface area contributed by atoms with Crippen LogP contribution in [0.3, 0.4) is 0 Å². The lowest BCUT2D eigenvalue weighted by Crippen LogP contribution is -2.17.